The van der Waals surface area contributed by atoms with E-state index in [0.29, 0.717) is 6.54 Å². The normalized spacial score (nSPS) is 16.1. The van der Waals surface area contributed by atoms with Gasteiger partial charge in [0.25, 0.3) is 0 Å². The Bertz CT molecular complexity index is 640. The van der Waals surface area contributed by atoms with Gasteiger partial charge >= 0.3 is 0 Å². The van der Waals surface area contributed by atoms with Crippen LogP contribution in [0.1, 0.15) is 0 Å². The van der Waals surface area contributed by atoms with E-state index in [1.807, 2.05) is 48.5 Å². The van der Waals surface area contributed by atoms with E-state index in [9.17, 15) is 4.79 Å². The first kappa shape index (κ1) is 13.3. The van der Waals surface area contributed by atoms with Crippen LogP contribution in [0.3, 0.4) is 0 Å². The second-order valence-electron chi connectivity index (χ2n) is 4.84. The molecule has 1 heterocycles. The molecule has 1 aliphatic rings. The molecule has 1 aliphatic heterocycles. The number of para-hydroxylation sites is 2. The molecule has 21 heavy (non-hydrogen) atoms. The highest BCUT2D eigenvalue weighted by atomic mass is 16.5. The van der Waals surface area contributed by atoms with Crippen molar-refractivity contribution in [2.75, 3.05) is 29.6 Å². The largest absolute Gasteiger partial charge is 0.497 e. The van der Waals surface area contributed by atoms with Gasteiger partial charge < -0.3 is 20.7 Å². The van der Waals surface area contributed by atoms with Crippen molar-refractivity contribution in [3.8, 4) is 5.75 Å². The highest BCUT2D eigenvalue weighted by Crippen LogP contribution is 2.25. The molecule has 0 saturated heterocycles. The fourth-order valence-corrected chi connectivity index (χ4v) is 2.28. The molecule has 0 aromatic heterocycles. The fourth-order valence-electron chi connectivity index (χ4n) is 2.28. The number of methoxy groups -OCH3 is 1. The maximum absolute atomic E-state index is 12.3. The summed E-state index contributed by atoms with van der Waals surface area (Å²) in [6, 6.07) is 14.8. The zero-order valence-corrected chi connectivity index (χ0v) is 11.7. The number of fused-ring (bicyclic) bond motifs is 1. The minimum atomic E-state index is -0.304. The maximum Gasteiger partial charge on any atom is 0.248 e. The molecule has 0 fully saturated rings. The summed E-state index contributed by atoms with van der Waals surface area (Å²) in [7, 11) is 1.61. The highest BCUT2D eigenvalue weighted by molar-refractivity contribution is 5.98. The number of carbonyl (C=O) groups is 1. The Kier molecular flexibility index (Phi) is 3.64. The molecule has 0 saturated carbocycles. The van der Waals surface area contributed by atoms with Crippen molar-refractivity contribution in [2.24, 2.45) is 0 Å². The second-order valence-corrected chi connectivity index (χ2v) is 4.84. The third kappa shape index (κ3) is 2.91. The Labute approximate surface area is 123 Å². The summed E-state index contributed by atoms with van der Waals surface area (Å²) in [5, 5.41) is 9.39. The summed E-state index contributed by atoms with van der Waals surface area (Å²) in [6.07, 6.45) is 0. The number of benzene rings is 2. The number of rotatable bonds is 3. The van der Waals surface area contributed by atoms with Gasteiger partial charge in [-0.1, -0.05) is 12.1 Å². The first-order chi connectivity index (χ1) is 10.3. The zero-order valence-electron chi connectivity index (χ0n) is 11.7. The van der Waals surface area contributed by atoms with E-state index in [2.05, 4.69) is 16.0 Å². The Morgan fingerprint density at radius 2 is 1.86 bits per heavy atom. The minimum Gasteiger partial charge on any atom is -0.497 e. The third-order valence-electron chi connectivity index (χ3n) is 3.43. The van der Waals surface area contributed by atoms with Crippen LogP contribution in [-0.4, -0.2) is 25.6 Å². The van der Waals surface area contributed by atoms with Crippen LogP contribution in [0, 0.1) is 0 Å². The monoisotopic (exact) mass is 283 g/mol. The lowest BCUT2D eigenvalue weighted by Crippen LogP contribution is -2.42. The molecule has 2 aromatic carbocycles. The molecular formula is C16H17N3O2. The summed E-state index contributed by atoms with van der Waals surface area (Å²) < 4.78 is 5.09. The second kappa shape index (κ2) is 5.75. The Morgan fingerprint density at radius 3 is 2.57 bits per heavy atom. The van der Waals surface area contributed by atoms with E-state index in [-0.39, 0.29) is 11.9 Å². The van der Waals surface area contributed by atoms with Crippen molar-refractivity contribution in [3.63, 3.8) is 0 Å². The van der Waals surface area contributed by atoms with Gasteiger partial charge in [0.15, 0.2) is 0 Å². The average Bonchev–Trinajstić information content (AvgIpc) is 2.55. The van der Waals surface area contributed by atoms with Crippen LogP contribution >= 0.6 is 0 Å². The van der Waals surface area contributed by atoms with Gasteiger partial charge in [0, 0.05) is 12.2 Å². The number of amides is 1. The van der Waals surface area contributed by atoms with Crippen molar-refractivity contribution in [2.45, 2.75) is 6.04 Å². The summed E-state index contributed by atoms with van der Waals surface area (Å²) in [5.74, 6) is 0.696. The van der Waals surface area contributed by atoms with Gasteiger partial charge in [-0.25, -0.2) is 0 Å². The topological polar surface area (TPSA) is 62.4 Å². The van der Waals surface area contributed by atoms with Crippen molar-refractivity contribution in [3.05, 3.63) is 48.5 Å². The molecule has 3 N–H and O–H groups in total. The molecule has 108 valence electrons. The number of carbonyl (C=O) groups excluding carboxylic acids is 1. The lowest BCUT2D eigenvalue weighted by atomic mass is 10.1. The van der Waals surface area contributed by atoms with Crippen molar-refractivity contribution in [1.82, 2.24) is 0 Å². The van der Waals surface area contributed by atoms with E-state index < -0.39 is 0 Å². The Balaban J connectivity index is 1.66. The predicted octanol–water partition coefficient (Wildman–Crippen LogP) is 2.54. The number of nitrogens with one attached hydrogen (secondary N) is 3. The summed E-state index contributed by atoms with van der Waals surface area (Å²) in [5.41, 5.74) is 2.71. The van der Waals surface area contributed by atoms with Crippen LogP contribution in [0.2, 0.25) is 0 Å². The standard InChI is InChI=1S/C16H17N3O2/c1-21-12-8-6-11(7-9-12)18-16(20)15-10-17-13-4-2-3-5-14(13)19-15/h2-9,15,17,19H,10H2,1H3,(H,18,20). The van der Waals surface area contributed by atoms with E-state index in [1.54, 1.807) is 7.11 Å². The summed E-state index contributed by atoms with van der Waals surface area (Å²) >= 11 is 0. The average molecular weight is 283 g/mol. The first-order valence-electron chi connectivity index (χ1n) is 6.80. The zero-order chi connectivity index (χ0) is 14.7. The lowest BCUT2D eigenvalue weighted by Gasteiger charge is -2.27. The van der Waals surface area contributed by atoms with Gasteiger partial charge in [-0.05, 0) is 36.4 Å². The molecule has 5 heteroatoms. The van der Waals surface area contributed by atoms with Crippen molar-refractivity contribution < 1.29 is 9.53 Å². The van der Waals surface area contributed by atoms with Crippen LogP contribution in [0.15, 0.2) is 48.5 Å². The van der Waals surface area contributed by atoms with Crippen molar-refractivity contribution in [1.29, 1.82) is 0 Å². The van der Waals surface area contributed by atoms with E-state index in [4.69, 9.17) is 4.74 Å². The quantitative estimate of drug-likeness (QED) is 0.810. The Hall–Kier alpha value is -2.69. The van der Waals surface area contributed by atoms with Gasteiger partial charge in [0.2, 0.25) is 5.91 Å². The molecule has 0 bridgehead atoms. The first-order valence-corrected chi connectivity index (χ1v) is 6.80. The van der Waals surface area contributed by atoms with Gasteiger partial charge in [0.05, 0.1) is 18.5 Å². The van der Waals surface area contributed by atoms with Crippen LogP contribution in [0.4, 0.5) is 17.1 Å². The predicted molar refractivity (Wildman–Crippen MR) is 84.0 cm³/mol. The number of hydrogen-bond acceptors (Lipinski definition) is 4. The molecule has 2 aromatic rings. The maximum atomic E-state index is 12.3. The highest BCUT2D eigenvalue weighted by Gasteiger charge is 2.23. The molecule has 1 atom stereocenters. The summed E-state index contributed by atoms with van der Waals surface area (Å²) in [6.45, 7) is 0.555. The number of hydrogen-bond donors (Lipinski definition) is 3. The fraction of sp³-hybridized carbons (Fsp3) is 0.188. The molecule has 0 spiro atoms. The van der Waals surface area contributed by atoms with Crippen LogP contribution < -0.4 is 20.7 Å². The van der Waals surface area contributed by atoms with Gasteiger partial charge in [-0.3, -0.25) is 4.79 Å². The van der Waals surface area contributed by atoms with E-state index in [0.717, 1.165) is 22.8 Å². The van der Waals surface area contributed by atoms with Crippen molar-refractivity contribution >= 4 is 23.0 Å². The smallest absolute Gasteiger partial charge is 0.248 e. The molecule has 0 radical (unpaired) electrons. The molecule has 5 nitrogen and oxygen atoms in total. The van der Waals surface area contributed by atoms with Gasteiger partial charge in [0.1, 0.15) is 11.8 Å². The molecule has 1 amide bonds. The number of ether oxygens (including phenoxy) is 1. The van der Waals surface area contributed by atoms with E-state index >= 15 is 0 Å². The molecule has 0 aliphatic carbocycles. The van der Waals surface area contributed by atoms with Crippen LogP contribution in [0.25, 0.3) is 0 Å². The van der Waals surface area contributed by atoms with E-state index in [1.165, 1.54) is 0 Å². The van der Waals surface area contributed by atoms with Gasteiger partial charge in [-0.15, -0.1) is 0 Å². The molecule has 1 unspecified atom stereocenters. The van der Waals surface area contributed by atoms with Gasteiger partial charge in [-0.2, -0.15) is 0 Å². The SMILES string of the molecule is COc1ccc(NC(=O)C2CNc3ccccc3N2)cc1. The van der Waals surface area contributed by atoms with Crippen LogP contribution in [-0.2, 0) is 4.79 Å². The molecular weight excluding hydrogens is 266 g/mol. The number of anilines is 3. The summed E-state index contributed by atoms with van der Waals surface area (Å²) in [4.78, 5) is 12.3. The third-order valence-corrected chi connectivity index (χ3v) is 3.43. The van der Waals surface area contributed by atoms with Crippen LogP contribution in [0.5, 0.6) is 5.75 Å². The molecule has 3 rings (SSSR count). The lowest BCUT2D eigenvalue weighted by molar-refractivity contribution is -0.116. The Morgan fingerprint density at radius 1 is 1.14 bits per heavy atom. The minimum absolute atomic E-state index is 0.0674.